The van der Waals surface area contributed by atoms with Gasteiger partial charge in [0, 0.05) is 0 Å². The van der Waals surface area contributed by atoms with E-state index in [1.807, 2.05) is 0 Å². The lowest BCUT2D eigenvalue weighted by molar-refractivity contribution is -0.140. The average Bonchev–Trinajstić information content (AvgIpc) is 2.19. The number of nitrogens with zero attached hydrogens (tertiary/aromatic N) is 1. The molecule has 1 nitrogen and oxygen atoms in total. The van der Waals surface area contributed by atoms with Crippen molar-refractivity contribution < 1.29 is 30.7 Å². The highest BCUT2D eigenvalue weighted by atomic mass is 19.4. The van der Waals surface area contributed by atoms with Crippen molar-refractivity contribution in [2.75, 3.05) is 0 Å². The normalized spacial score (nSPS) is 12.4. The van der Waals surface area contributed by atoms with Crippen LogP contribution in [0.2, 0.25) is 0 Å². The van der Waals surface area contributed by atoms with Gasteiger partial charge < -0.3 is 0 Å². The van der Waals surface area contributed by atoms with E-state index >= 15 is 0 Å². The summed E-state index contributed by atoms with van der Waals surface area (Å²) in [4.78, 5) is 0. The minimum absolute atomic E-state index is 0.0322. The van der Waals surface area contributed by atoms with E-state index in [4.69, 9.17) is 5.26 Å². The topological polar surface area (TPSA) is 23.8 Å². The Balaban J connectivity index is 3.47. The molecule has 0 heterocycles. The summed E-state index contributed by atoms with van der Waals surface area (Å²) in [7, 11) is 0. The molecule has 17 heavy (non-hydrogen) atoms. The van der Waals surface area contributed by atoms with Gasteiger partial charge in [0.25, 0.3) is 0 Å². The van der Waals surface area contributed by atoms with E-state index in [9.17, 15) is 30.7 Å². The van der Waals surface area contributed by atoms with Gasteiger partial charge in [0.05, 0.1) is 11.1 Å². The van der Waals surface area contributed by atoms with E-state index in [2.05, 4.69) is 0 Å². The van der Waals surface area contributed by atoms with Gasteiger partial charge in [0.15, 0.2) is 11.6 Å². The summed E-state index contributed by atoms with van der Waals surface area (Å²) in [5.41, 5.74) is -3.74. The Kier molecular flexibility index (Phi) is 3.05. The molecular weight excluding hydrogens is 255 g/mol. The van der Waals surface area contributed by atoms with Crippen LogP contribution in [0.1, 0.15) is 11.1 Å². The van der Waals surface area contributed by atoms with Crippen molar-refractivity contribution in [2.45, 2.75) is 12.1 Å². The Morgan fingerprint density at radius 2 is 1.29 bits per heavy atom. The Morgan fingerprint density at radius 3 is 1.71 bits per heavy atom. The summed E-state index contributed by atoms with van der Waals surface area (Å²) in [5, 5.41) is 7.98. The van der Waals surface area contributed by atoms with Crippen molar-refractivity contribution >= 4 is 0 Å². The van der Waals surface area contributed by atoms with Crippen LogP contribution >= 0.6 is 0 Å². The van der Waals surface area contributed by atoms with Gasteiger partial charge >= 0.3 is 12.1 Å². The third kappa shape index (κ3) is 2.33. The van der Waals surface area contributed by atoms with E-state index in [1.165, 1.54) is 0 Å². The van der Waals surface area contributed by atoms with Gasteiger partial charge in [-0.25, -0.2) is 8.78 Å². The SMILES string of the molecule is N#CC(F)(F)c1ccc(C(F)(F)F)c(F)c1F. The average molecular weight is 257 g/mol. The smallest absolute Gasteiger partial charge is 0.203 e. The summed E-state index contributed by atoms with van der Waals surface area (Å²) >= 11 is 0. The molecule has 0 atom stereocenters. The molecule has 0 saturated heterocycles. The maximum absolute atomic E-state index is 13.0. The van der Waals surface area contributed by atoms with Crippen LogP contribution in [-0.4, -0.2) is 0 Å². The van der Waals surface area contributed by atoms with E-state index in [0.29, 0.717) is 6.07 Å². The van der Waals surface area contributed by atoms with Crippen LogP contribution in [0.15, 0.2) is 12.1 Å². The summed E-state index contributed by atoms with van der Waals surface area (Å²) < 4.78 is 87.5. The van der Waals surface area contributed by atoms with Crippen LogP contribution in [0.5, 0.6) is 0 Å². The fourth-order valence-corrected chi connectivity index (χ4v) is 1.07. The number of benzene rings is 1. The molecule has 0 radical (unpaired) electrons. The summed E-state index contributed by atoms with van der Waals surface area (Å²) in [6, 6.07) is 0.352. The van der Waals surface area contributed by atoms with Gasteiger partial charge in [-0.3, -0.25) is 0 Å². The largest absolute Gasteiger partial charge is 0.419 e. The molecule has 0 N–H and O–H groups in total. The lowest BCUT2D eigenvalue weighted by atomic mass is 10.0. The molecule has 0 amide bonds. The maximum Gasteiger partial charge on any atom is 0.419 e. The number of alkyl halides is 5. The van der Waals surface area contributed by atoms with Gasteiger partial charge in [-0.1, -0.05) is 0 Å². The van der Waals surface area contributed by atoms with Crippen molar-refractivity contribution in [1.29, 1.82) is 5.26 Å². The molecule has 92 valence electrons. The van der Waals surface area contributed by atoms with Gasteiger partial charge in [-0.15, -0.1) is 0 Å². The molecule has 1 aromatic carbocycles. The number of rotatable bonds is 1. The number of nitriles is 1. The van der Waals surface area contributed by atoms with Crippen LogP contribution < -0.4 is 0 Å². The van der Waals surface area contributed by atoms with Crippen LogP contribution in [0, 0.1) is 23.0 Å². The third-order valence-corrected chi connectivity index (χ3v) is 1.87. The molecule has 0 unspecified atom stereocenters. The predicted octanol–water partition coefficient (Wildman–Crippen LogP) is 3.60. The van der Waals surface area contributed by atoms with Gasteiger partial charge in [-0.2, -0.15) is 27.2 Å². The highest BCUT2D eigenvalue weighted by Gasteiger charge is 2.41. The molecule has 0 aliphatic heterocycles. The lowest BCUT2D eigenvalue weighted by Gasteiger charge is -2.13. The lowest BCUT2D eigenvalue weighted by Crippen LogP contribution is -2.17. The molecular formula is C9H2F7N. The van der Waals surface area contributed by atoms with Crippen molar-refractivity contribution in [3.05, 3.63) is 34.9 Å². The number of hydrogen-bond donors (Lipinski definition) is 0. The summed E-state index contributed by atoms with van der Waals surface area (Å²) in [6.07, 6.45) is -5.20. The van der Waals surface area contributed by atoms with E-state index < -0.39 is 34.9 Å². The zero-order valence-corrected chi connectivity index (χ0v) is 7.75. The molecule has 0 bridgehead atoms. The highest BCUT2D eigenvalue weighted by molar-refractivity contribution is 5.33. The molecule has 0 saturated carbocycles. The van der Waals surface area contributed by atoms with Crippen molar-refractivity contribution in [2.24, 2.45) is 0 Å². The van der Waals surface area contributed by atoms with Crippen LogP contribution in [-0.2, 0) is 12.1 Å². The first kappa shape index (κ1) is 13.3. The van der Waals surface area contributed by atoms with Crippen LogP contribution in [0.4, 0.5) is 30.7 Å². The van der Waals surface area contributed by atoms with Crippen molar-refractivity contribution in [1.82, 2.24) is 0 Å². The van der Waals surface area contributed by atoms with Gasteiger partial charge in [-0.05, 0) is 12.1 Å². The fraction of sp³-hybridized carbons (Fsp3) is 0.222. The zero-order chi connectivity index (χ0) is 13.4. The van der Waals surface area contributed by atoms with Gasteiger partial charge in [0.1, 0.15) is 6.07 Å². The second-order valence-electron chi connectivity index (χ2n) is 2.97. The summed E-state index contributed by atoms with van der Waals surface area (Å²) in [6.45, 7) is 0. The van der Waals surface area contributed by atoms with E-state index in [-0.39, 0.29) is 12.1 Å². The maximum atomic E-state index is 13.0. The molecule has 0 aliphatic rings. The molecule has 0 aromatic heterocycles. The van der Waals surface area contributed by atoms with Gasteiger partial charge in [0.2, 0.25) is 0 Å². The first-order chi connectivity index (χ1) is 7.61. The first-order valence-electron chi connectivity index (χ1n) is 3.96. The second-order valence-corrected chi connectivity index (χ2v) is 2.97. The monoisotopic (exact) mass is 257 g/mol. The Hall–Kier alpha value is -1.78. The third-order valence-electron chi connectivity index (χ3n) is 1.87. The quantitative estimate of drug-likeness (QED) is 0.705. The Morgan fingerprint density at radius 1 is 0.882 bits per heavy atom. The van der Waals surface area contributed by atoms with Crippen LogP contribution in [0.25, 0.3) is 0 Å². The molecule has 0 fully saturated rings. The minimum Gasteiger partial charge on any atom is -0.203 e. The molecule has 0 aliphatic carbocycles. The van der Waals surface area contributed by atoms with Crippen molar-refractivity contribution in [3.63, 3.8) is 0 Å². The first-order valence-corrected chi connectivity index (χ1v) is 3.96. The highest BCUT2D eigenvalue weighted by Crippen LogP contribution is 2.36. The summed E-state index contributed by atoms with van der Waals surface area (Å²) in [5.74, 6) is -9.23. The Labute approximate surface area is 90.1 Å². The minimum atomic E-state index is -5.20. The second kappa shape index (κ2) is 3.91. The van der Waals surface area contributed by atoms with Crippen LogP contribution in [0.3, 0.4) is 0 Å². The van der Waals surface area contributed by atoms with E-state index in [1.54, 1.807) is 0 Å². The standard InChI is InChI=1S/C9H2F7N/c10-6-4(8(12,13)3-17)1-2-5(7(6)11)9(14,15)16/h1-2H. The van der Waals surface area contributed by atoms with E-state index in [0.717, 1.165) is 0 Å². The fourth-order valence-electron chi connectivity index (χ4n) is 1.07. The molecule has 0 spiro atoms. The molecule has 8 heteroatoms. The molecule has 1 rings (SSSR count). The molecule has 1 aromatic rings. The Bertz CT molecular complexity index is 483. The van der Waals surface area contributed by atoms with Crippen molar-refractivity contribution in [3.8, 4) is 6.07 Å². The number of hydrogen-bond acceptors (Lipinski definition) is 1. The predicted molar refractivity (Wildman–Crippen MR) is 40.9 cm³/mol. The number of halogens is 7. The zero-order valence-electron chi connectivity index (χ0n) is 7.75.